The molecule has 2 aromatic rings. The van der Waals surface area contributed by atoms with Gasteiger partial charge in [-0.2, -0.15) is 0 Å². The van der Waals surface area contributed by atoms with Crippen LogP contribution in [0.4, 0.5) is 8.78 Å². The first kappa shape index (κ1) is 15.3. The Labute approximate surface area is 125 Å². The number of halogens is 3. The molecule has 6 heteroatoms. The molecule has 0 amide bonds. The molecule has 0 aliphatic heterocycles. The van der Waals surface area contributed by atoms with E-state index in [4.69, 9.17) is 16.3 Å². The van der Waals surface area contributed by atoms with E-state index in [1.54, 1.807) is 6.07 Å². The van der Waals surface area contributed by atoms with Gasteiger partial charge in [0.15, 0.2) is 17.4 Å². The number of hydrogen-bond donors (Lipinski definition) is 0. The van der Waals surface area contributed by atoms with Gasteiger partial charge in [-0.25, -0.2) is 13.6 Å². The molecule has 0 spiro atoms. The van der Waals surface area contributed by atoms with Crippen LogP contribution in [0.15, 0.2) is 36.4 Å². The number of hydrogen-bond acceptors (Lipinski definition) is 3. The van der Waals surface area contributed by atoms with Crippen LogP contribution in [0.25, 0.3) is 0 Å². The summed E-state index contributed by atoms with van der Waals surface area (Å²) in [6, 6.07) is 7.89. The zero-order valence-corrected chi connectivity index (χ0v) is 11.8. The molecular weight excluding hydrogens is 302 g/mol. The Morgan fingerprint density at radius 2 is 1.86 bits per heavy atom. The summed E-state index contributed by atoms with van der Waals surface area (Å²) in [4.78, 5) is 11.6. The van der Waals surface area contributed by atoms with E-state index in [0.29, 0.717) is 10.6 Å². The Balaban J connectivity index is 2.26. The van der Waals surface area contributed by atoms with Crippen molar-refractivity contribution < 1.29 is 23.0 Å². The van der Waals surface area contributed by atoms with Crippen molar-refractivity contribution >= 4 is 17.6 Å². The quantitative estimate of drug-likeness (QED) is 0.801. The molecule has 0 saturated heterocycles. The number of carbonyl (C=O) groups excluding carboxylic acids is 1. The van der Waals surface area contributed by atoms with Crippen LogP contribution >= 0.6 is 11.6 Å². The van der Waals surface area contributed by atoms with Gasteiger partial charge in [-0.05, 0) is 24.3 Å². The minimum Gasteiger partial charge on any atom is -0.483 e. The van der Waals surface area contributed by atoms with Crippen LogP contribution in [0.5, 0.6) is 5.75 Å². The van der Waals surface area contributed by atoms with E-state index in [1.807, 2.05) is 0 Å². The highest BCUT2D eigenvalue weighted by Gasteiger charge is 2.15. The lowest BCUT2D eigenvalue weighted by Crippen LogP contribution is -2.09. The average molecular weight is 313 g/mol. The van der Waals surface area contributed by atoms with Crippen molar-refractivity contribution in [1.29, 1.82) is 0 Å². The molecule has 2 rings (SSSR count). The van der Waals surface area contributed by atoms with Gasteiger partial charge in [-0.3, -0.25) is 0 Å². The van der Waals surface area contributed by atoms with Crippen LogP contribution in [0.1, 0.15) is 15.9 Å². The lowest BCUT2D eigenvalue weighted by Gasteiger charge is -2.11. The van der Waals surface area contributed by atoms with E-state index in [2.05, 4.69) is 4.74 Å². The molecule has 0 bridgehead atoms. The predicted molar refractivity (Wildman–Crippen MR) is 73.5 cm³/mol. The van der Waals surface area contributed by atoms with Gasteiger partial charge in [0.25, 0.3) is 0 Å². The first-order chi connectivity index (χ1) is 10.0. The number of methoxy groups -OCH3 is 1. The Kier molecular flexibility index (Phi) is 4.75. The summed E-state index contributed by atoms with van der Waals surface area (Å²) >= 11 is 5.82. The van der Waals surface area contributed by atoms with Gasteiger partial charge in [-0.1, -0.05) is 23.7 Å². The third-order valence-electron chi connectivity index (χ3n) is 2.77. The van der Waals surface area contributed by atoms with Crippen LogP contribution in [0.3, 0.4) is 0 Å². The molecule has 2 aromatic carbocycles. The fraction of sp³-hybridized carbons (Fsp3) is 0.133. The standard InChI is InChI=1S/C15H11ClF2O3/c1-20-15(19)11-7-10(16)6-5-9(11)8-21-14-12(17)3-2-4-13(14)18/h2-7H,8H2,1H3. The van der Waals surface area contributed by atoms with Crippen molar-refractivity contribution in [2.75, 3.05) is 7.11 Å². The highest BCUT2D eigenvalue weighted by Crippen LogP contribution is 2.24. The van der Waals surface area contributed by atoms with Gasteiger partial charge in [-0.15, -0.1) is 0 Å². The second kappa shape index (κ2) is 6.54. The zero-order valence-electron chi connectivity index (χ0n) is 11.0. The minimum absolute atomic E-state index is 0.182. The topological polar surface area (TPSA) is 35.5 Å². The molecule has 0 heterocycles. The number of rotatable bonds is 4. The molecule has 21 heavy (non-hydrogen) atoms. The van der Waals surface area contributed by atoms with Gasteiger partial charge >= 0.3 is 5.97 Å². The summed E-state index contributed by atoms with van der Waals surface area (Å²) in [7, 11) is 1.23. The molecule has 3 nitrogen and oxygen atoms in total. The van der Waals surface area contributed by atoms with Crippen LogP contribution in [0.2, 0.25) is 5.02 Å². The van der Waals surface area contributed by atoms with Gasteiger partial charge in [0, 0.05) is 10.6 Å². The Morgan fingerprint density at radius 1 is 1.19 bits per heavy atom. The normalized spacial score (nSPS) is 10.3. The largest absolute Gasteiger partial charge is 0.483 e. The first-order valence-corrected chi connectivity index (χ1v) is 6.34. The van der Waals surface area contributed by atoms with Crippen molar-refractivity contribution in [3.05, 3.63) is 64.2 Å². The molecule has 0 radical (unpaired) electrons. The van der Waals surface area contributed by atoms with Crippen molar-refractivity contribution in [2.24, 2.45) is 0 Å². The molecule has 0 atom stereocenters. The molecule has 0 aromatic heterocycles. The Morgan fingerprint density at radius 3 is 2.48 bits per heavy atom. The summed E-state index contributed by atoms with van der Waals surface area (Å²) in [6.07, 6.45) is 0. The van der Waals surface area contributed by atoms with Crippen LogP contribution in [-0.4, -0.2) is 13.1 Å². The van der Waals surface area contributed by atoms with Gasteiger partial charge in [0.05, 0.1) is 12.7 Å². The van der Waals surface area contributed by atoms with E-state index in [1.165, 1.54) is 25.3 Å². The Bertz CT molecular complexity index is 654. The minimum atomic E-state index is -0.816. The zero-order chi connectivity index (χ0) is 15.4. The maximum absolute atomic E-state index is 13.5. The number of benzene rings is 2. The highest BCUT2D eigenvalue weighted by atomic mass is 35.5. The van der Waals surface area contributed by atoms with Crippen LogP contribution in [-0.2, 0) is 11.3 Å². The maximum Gasteiger partial charge on any atom is 0.338 e. The molecule has 0 unspecified atom stereocenters. The van der Waals surface area contributed by atoms with E-state index < -0.39 is 23.4 Å². The second-order valence-electron chi connectivity index (χ2n) is 4.13. The van der Waals surface area contributed by atoms with Crippen LogP contribution in [0, 0.1) is 11.6 Å². The average Bonchev–Trinajstić information content (AvgIpc) is 2.47. The van der Waals surface area contributed by atoms with Gasteiger partial charge < -0.3 is 9.47 Å². The number of para-hydroxylation sites is 1. The number of ether oxygens (including phenoxy) is 2. The van der Waals surface area contributed by atoms with Crippen molar-refractivity contribution in [2.45, 2.75) is 6.61 Å². The van der Waals surface area contributed by atoms with Gasteiger partial charge in [0.2, 0.25) is 0 Å². The number of carbonyl (C=O) groups is 1. The lowest BCUT2D eigenvalue weighted by molar-refractivity contribution is 0.0597. The molecule has 0 aliphatic carbocycles. The van der Waals surface area contributed by atoms with Crippen molar-refractivity contribution in [1.82, 2.24) is 0 Å². The lowest BCUT2D eigenvalue weighted by atomic mass is 10.1. The highest BCUT2D eigenvalue weighted by molar-refractivity contribution is 6.31. The summed E-state index contributed by atoms with van der Waals surface area (Å²) in [5.74, 6) is -2.74. The van der Waals surface area contributed by atoms with Crippen molar-refractivity contribution in [3.8, 4) is 5.75 Å². The maximum atomic E-state index is 13.5. The van der Waals surface area contributed by atoms with Crippen LogP contribution < -0.4 is 4.74 Å². The number of esters is 1. The summed E-state index contributed by atoms with van der Waals surface area (Å²) in [6.45, 7) is -0.195. The summed E-state index contributed by atoms with van der Waals surface area (Å²) in [5.41, 5.74) is 0.593. The van der Waals surface area contributed by atoms with E-state index in [0.717, 1.165) is 12.1 Å². The summed E-state index contributed by atoms with van der Waals surface area (Å²) < 4.78 is 36.7. The van der Waals surface area contributed by atoms with Gasteiger partial charge in [0.1, 0.15) is 6.61 Å². The van der Waals surface area contributed by atoms with E-state index in [-0.39, 0.29) is 12.2 Å². The Hall–Kier alpha value is -2.14. The SMILES string of the molecule is COC(=O)c1cc(Cl)ccc1COc1c(F)cccc1F. The molecule has 0 N–H and O–H groups in total. The molecule has 110 valence electrons. The molecule has 0 saturated carbocycles. The molecule has 0 fully saturated rings. The smallest absolute Gasteiger partial charge is 0.338 e. The monoisotopic (exact) mass is 312 g/mol. The second-order valence-corrected chi connectivity index (χ2v) is 4.57. The molecular formula is C15H11ClF2O3. The third kappa shape index (κ3) is 3.49. The van der Waals surface area contributed by atoms with Crippen molar-refractivity contribution in [3.63, 3.8) is 0 Å². The fourth-order valence-corrected chi connectivity index (χ4v) is 1.92. The summed E-state index contributed by atoms with van der Waals surface area (Å²) in [5, 5.41) is 0.344. The van der Waals surface area contributed by atoms with E-state index >= 15 is 0 Å². The predicted octanol–water partition coefficient (Wildman–Crippen LogP) is 3.98. The fourth-order valence-electron chi connectivity index (χ4n) is 1.74. The van der Waals surface area contributed by atoms with E-state index in [9.17, 15) is 13.6 Å². The first-order valence-electron chi connectivity index (χ1n) is 5.96. The third-order valence-corrected chi connectivity index (χ3v) is 3.00. The molecule has 0 aliphatic rings.